The molecule has 0 heterocycles. The lowest BCUT2D eigenvalue weighted by Crippen LogP contribution is -2.50. The number of hydrogen-bond donors (Lipinski definition) is 2. The van der Waals surface area contributed by atoms with E-state index in [0.29, 0.717) is 23.7 Å². The molecule has 0 radical (unpaired) electrons. The van der Waals surface area contributed by atoms with Crippen molar-refractivity contribution in [3.05, 3.63) is 24.3 Å². The molecular weight excluding hydrogens is 260 g/mol. The number of fused-ring (bicyclic) bond motifs is 5. The van der Waals surface area contributed by atoms with Crippen molar-refractivity contribution < 1.29 is 10.2 Å². The van der Waals surface area contributed by atoms with Crippen LogP contribution in [0.4, 0.5) is 0 Å². The highest BCUT2D eigenvalue weighted by Gasteiger charge is 2.60. The zero-order valence-corrected chi connectivity index (χ0v) is 13.2. The summed E-state index contributed by atoms with van der Waals surface area (Å²) in [7, 11) is 0. The Balaban J connectivity index is 1.73. The normalized spacial score (nSPS) is 58.5. The van der Waals surface area contributed by atoms with Crippen molar-refractivity contribution in [2.24, 2.45) is 34.5 Å². The van der Waals surface area contributed by atoms with Crippen LogP contribution in [0.15, 0.2) is 24.3 Å². The van der Waals surface area contributed by atoms with Gasteiger partial charge in [-0.3, -0.25) is 0 Å². The van der Waals surface area contributed by atoms with Crippen LogP contribution >= 0.6 is 0 Å². The average molecular weight is 288 g/mol. The number of hydrogen-bond acceptors (Lipinski definition) is 2. The fourth-order valence-corrected chi connectivity index (χ4v) is 6.19. The van der Waals surface area contributed by atoms with Crippen LogP contribution in [0, 0.1) is 34.5 Å². The highest BCUT2D eigenvalue weighted by Crippen LogP contribution is 2.63. The first-order valence-electron chi connectivity index (χ1n) is 8.69. The summed E-state index contributed by atoms with van der Waals surface area (Å²) in [5.41, 5.74) is 0.198. The zero-order valence-electron chi connectivity index (χ0n) is 13.2. The van der Waals surface area contributed by atoms with Crippen molar-refractivity contribution in [2.45, 2.75) is 58.2 Å². The maximum absolute atomic E-state index is 10.5. The first kappa shape index (κ1) is 14.0. The molecule has 0 saturated heterocycles. The van der Waals surface area contributed by atoms with Crippen LogP contribution in [0.25, 0.3) is 0 Å². The Kier molecular flexibility index (Phi) is 2.97. The summed E-state index contributed by atoms with van der Waals surface area (Å²) in [4.78, 5) is 0. The van der Waals surface area contributed by atoms with Crippen LogP contribution < -0.4 is 0 Å². The summed E-state index contributed by atoms with van der Waals surface area (Å²) in [6.07, 6.45) is 14.2. The van der Waals surface area contributed by atoms with Crippen LogP contribution in [0.2, 0.25) is 0 Å². The minimum Gasteiger partial charge on any atom is -0.390 e. The Hall–Kier alpha value is -0.600. The van der Waals surface area contributed by atoms with Gasteiger partial charge in [-0.2, -0.15) is 0 Å². The van der Waals surface area contributed by atoms with Crippen LogP contribution in [-0.4, -0.2) is 22.4 Å². The molecule has 0 aromatic heterocycles. The van der Waals surface area contributed by atoms with Crippen LogP contribution in [0.1, 0.15) is 46.0 Å². The second kappa shape index (κ2) is 4.45. The SMILES string of the molecule is C[C@]12CC[C@H]3[C@@H](C=CC4CCC=C[C@@]43C)[C@@H]1C[C@H](O)[C@@H]2O. The van der Waals surface area contributed by atoms with Crippen LogP contribution in [0.5, 0.6) is 0 Å². The quantitative estimate of drug-likeness (QED) is 0.671. The minimum absolute atomic E-state index is 0.0908. The second-order valence-electron chi connectivity index (χ2n) is 8.42. The smallest absolute Gasteiger partial charge is 0.0855 e. The standard InChI is InChI=1S/C19H28O2/c1-18-9-4-3-5-12(18)6-7-13-14(18)8-10-19(2)15(13)11-16(20)17(19)21/h4,6-7,9,12-17,20-21H,3,5,8,10-11H2,1-2H3/t12?,13-,14+,15+,16+,17+,18+,19+/m1/s1. The Labute approximate surface area is 127 Å². The summed E-state index contributed by atoms with van der Waals surface area (Å²) < 4.78 is 0. The van der Waals surface area contributed by atoms with E-state index in [1.165, 1.54) is 19.3 Å². The van der Waals surface area contributed by atoms with Crippen LogP contribution in [0.3, 0.4) is 0 Å². The van der Waals surface area contributed by atoms with E-state index in [9.17, 15) is 10.2 Å². The van der Waals surface area contributed by atoms with Crippen LogP contribution in [-0.2, 0) is 0 Å². The first-order valence-corrected chi connectivity index (χ1v) is 8.69. The maximum atomic E-state index is 10.5. The third kappa shape index (κ3) is 1.72. The van der Waals surface area contributed by atoms with Gasteiger partial charge in [-0.05, 0) is 66.6 Å². The van der Waals surface area contributed by atoms with E-state index < -0.39 is 12.2 Å². The molecule has 2 N–H and O–H groups in total. The summed E-state index contributed by atoms with van der Waals surface area (Å²) in [6.45, 7) is 4.65. The molecule has 0 aromatic rings. The van der Waals surface area contributed by atoms with Crippen molar-refractivity contribution >= 4 is 0 Å². The first-order chi connectivity index (χ1) is 9.97. The minimum atomic E-state index is -0.538. The van der Waals surface area contributed by atoms with Crippen molar-refractivity contribution in [1.82, 2.24) is 0 Å². The molecular formula is C19H28O2. The third-order valence-corrected chi connectivity index (χ3v) is 7.59. The molecule has 2 nitrogen and oxygen atoms in total. The maximum Gasteiger partial charge on any atom is 0.0855 e. The molecule has 116 valence electrons. The van der Waals surface area contributed by atoms with Gasteiger partial charge in [0.05, 0.1) is 12.2 Å². The number of aliphatic hydroxyl groups excluding tert-OH is 2. The monoisotopic (exact) mass is 288 g/mol. The van der Waals surface area contributed by atoms with Gasteiger partial charge < -0.3 is 10.2 Å². The lowest BCUT2D eigenvalue weighted by molar-refractivity contribution is -0.0700. The topological polar surface area (TPSA) is 40.5 Å². The summed E-state index contributed by atoms with van der Waals surface area (Å²) in [5, 5.41) is 20.6. The Morgan fingerprint density at radius 3 is 2.67 bits per heavy atom. The van der Waals surface area contributed by atoms with E-state index in [-0.39, 0.29) is 10.8 Å². The fraction of sp³-hybridized carbons (Fsp3) is 0.789. The Morgan fingerprint density at radius 2 is 1.86 bits per heavy atom. The van der Waals surface area contributed by atoms with E-state index in [0.717, 1.165) is 12.8 Å². The largest absolute Gasteiger partial charge is 0.390 e. The molecule has 0 bridgehead atoms. The molecule has 2 saturated carbocycles. The second-order valence-corrected chi connectivity index (χ2v) is 8.42. The highest BCUT2D eigenvalue weighted by atomic mass is 16.3. The van der Waals surface area contributed by atoms with Gasteiger partial charge in [0.2, 0.25) is 0 Å². The molecule has 2 heteroatoms. The van der Waals surface area contributed by atoms with Gasteiger partial charge in [-0.15, -0.1) is 0 Å². The molecule has 21 heavy (non-hydrogen) atoms. The lowest BCUT2D eigenvalue weighted by Gasteiger charge is -2.56. The number of allylic oxidation sites excluding steroid dienone is 4. The molecule has 2 fully saturated rings. The summed E-state index contributed by atoms with van der Waals surface area (Å²) in [5.74, 6) is 2.33. The molecule has 4 aliphatic carbocycles. The molecule has 8 atom stereocenters. The Morgan fingerprint density at radius 1 is 1.05 bits per heavy atom. The zero-order chi connectivity index (χ0) is 14.8. The van der Waals surface area contributed by atoms with Gasteiger partial charge >= 0.3 is 0 Å². The molecule has 4 rings (SSSR count). The average Bonchev–Trinajstić information content (AvgIpc) is 2.70. The molecule has 0 aliphatic heterocycles. The molecule has 4 aliphatic rings. The Bertz CT molecular complexity index is 496. The molecule has 0 amide bonds. The lowest BCUT2D eigenvalue weighted by atomic mass is 9.48. The fourth-order valence-electron chi connectivity index (χ4n) is 6.19. The van der Waals surface area contributed by atoms with Gasteiger partial charge in [-0.25, -0.2) is 0 Å². The van der Waals surface area contributed by atoms with Gasteiger partial charge in [-0.1, -0.05) is 38.2 Å². The van der Waals surface area contributed by atoms with Crippen molar-refractivity contribution in [3.8, 4) is 0 Å². The van der Waals surface area contributed by atoms with E-state index in [1.807, 2.05) is 0 Å². The molecule has 0 aromatic carbocycles. The molecule has 0 spiro atoms. The van der Waals surface area contributed by atoms with Gasteiger partial charge in [0.25, 0.3) is 0 Å². The van der Waals surface area contributed by atoms with E-state index in [2.05, 4.69) is 38.2 Å². The predicted molar refractivity (Wildman–Crippen MR) is 83.6 cm³/mol. The van der Waals surface area contributed by atoms with Gasteiger partial charge in [0, 0.05) is 0 Å². The van der Waals surface area contributed by atoms with Crippen molar-refractivity contribution in [2.75, 3.05) is 0 Å². The van der Waals surface area contributed by atoms with Crippen molar-refractivity contribution in [3.63, 3.8) is 0 Å². The van der Waals surface area contributed by atoms with Crippen molar-refractivity contribution in [1.29, 1.82) is 0 Å². The highest BCUT2D eigenvalue weighted by molar-refractivity contribution is 5.23. The number of aliphatic hydroxyl groups is 2. The van der Waals surface area contributed by atoms with E-state index in [1.54, 1.807) is 0 Å². The number of rotatable bonds is 0. The van der Waals surface area contributed by atoms with Gasteiger partial charge in [0.1, 0.15) is 0 Å². The summed E-state index contributed by atoms with van der Waals surface area (Å²) >= 11 is 0. The van der Waals surface area contributed by atoms with E-state index in [4.69, 9.17) is 0 Å². The van der Waals surface area contributed by atoms with Gasteiger partial charge in [0.15, 0.2) is 0 Å². The third-order valence-electron chi connectivity index (χ3n) is 7.59. The molecule has 1 unspecified atom stereocenters. The summed E-state index contributed by atoms with van der Waals surface area (Å²) in [6, 6.07) is 0. The van der Waals surface area contributed by atoms with E-state index >= 15 is 0 Å². The predicted octanol–water partition coefficient (Wildman–Crippen LogP) is 3.30.